The van der Waals surface area contributed by atoms with Crippen molar-refractivity contribution in [3.63, 3.8) is 0 Å². The largest absolute Gasteiger partial charge is 5.00 e. The molecule has 0 heterocycles. The third-order valence-electron chi connectivity index (χ3n) is 0. The van der Waals surface area contributed by atoms with E-state index in [1.807, 2.05) is 0 Å². The van der Waals surface area contributed by atoms with Crippen molar-refractivity contribution in [1.82, 2.24) is 0 Å². The molecule has 0 aromatic carbocycles. The molecule has 0 saturated carbocycles. The average molecular weight is 411 g/mol. The van der Waals surface area contributed by atoms with Crippen molar-refractivity contribution < 1.29 is 123 Å². The Hall–Kier alpha value is 2.45. The van der Waals surface area contributed by atoms with Gasteiger partial charge >= 0.3 is 65.5 Å². The van der Waals surface area contributed by atoms with Gasteiger partial charge in [-0.2, -0.15) is 23.5 Å². The summed E-state index contributed by atoms with van der Waals surface area (Å²) in [5.41, 5.74) is 0. The van der Waals surface area contributed by atoms with Gasteiger partial charge in [0.2, 0.25) is 0 Å². The monoisotopic (exact) mass is 411 g/mol. The molecule has 0 rings (SSSR count). The van der Waals surface area contributed by atoms with E-state index in [4.69, 9.17) is 57.7 Å². The van der Waals surface area contributed by atoms with Gasteiger partial charge in [-0.3, -0.25) is 0 Å². The van der Waals surface area contributed by atoms with Crippen LogP contribution < -0.4 is 73.6 Å². The molecule has 0 amide bonds. The molecule has 0 N–H and O–H groups in total. The number of phosphoric acid groups is 3. The van der Waals surface area contributed by atoms with Gasteiger partial charge in [0, 0.05) is 0 Å². The summed E-state index contributed by atoms with van der Waals surface area (Å²) in [5, 5.41) is 0. The van der Waals surface area contributed by atoms with Crippen molar-refractivity contribution >= 4 is 23.5 Å². The minimum atomic E-state index is -5.39. The van der Waals surface area contributed by atoms with Gasteiger partial charge in [-0.1, -0.05) is 0 Å². The van der Waals surface area contributed by atoms with Crippen molar-refractivity contribution in [3.05, 3.63) is 0 Å². The first-order valence-corrected chi connectivity index (χ1v) is 6.57. The van der Waals surface area contributed by atoms with Gasteiger partial charge in [0.05, 0.1) is 0 Å². The van der Waals surface area contributed by atoms with Crippen LogP contribution in [0.1, 0.15) is 0 Å². The Morgan fingerprint density at radius 3 is 0.500 bits per heavy atom. The second kappa shape index (κ2) is 15.8. The van der Waals surface area contributed by atoms with Crippen LogP contribution >= 0.6 is 23.5 Å². The topological polar surface area (TPSA) is 259 Å². The summed E-state index contributed by atoms with van der Waals surface area (Å²) < 4.78 is 25.6. The van der Waals surface area contributed by atoms with E-state index in [1.165, 1.54) is 0 Å². The van der Waals surface area contributed by atoms with Crippen LogP contribution in [0.2, 0.25) is 0 Å². The summed E-state index contributed by atoms with van der Waals surface area (Å²) in [6.07, 6.45) is 0. The fraction of sp³-hybridized carbons (Fsp3) is 0. The molecule has 1 radical (unpaired) electrons. The summed E-state index contributed by atoms with van der Waals surface area (Å²) in [7, 11) is -16.2. The smallest absolute Gasteiger partial charge is 0.822 e. The van der Waals surface area contributed by atoms with E-state index < -0.39 is 23.5 Å². The third-order valence-corrected chi connectivity index (χ3v) is 0. The molecule has 0 unspecified atom stereocenters. The first-order valence-electron chi connectivity index (χ1n) is 2.19. The quantitative estimate of drug-likeness (QED) is 0.266. The molecule has 0 aromatic heterocycles. The van der Waals surface area contributed by atoms with Gasteiger partial charge < -0.3 is 57.7 Å². The Labute approximate surface area is 145 Å². The molecule has 0 spiro atoms. The predicted octanol–water partition coefficient (Wildman–Crippen LogP) is -11.5. The van der Waals surface area contributed by atoms with Crippen LogP contribution in [0.15, 0.2) is 0 Å². The molecule has 99 valence electrons. The molecule has 0 saturated heterocycles. The van der Waals surface area contributed by atoms with Gasteiger partial charge in [0.1, 0.15) is 0 Å². The maximum atomic E-state index is 8.55. The second-order valence-electron chi connectivity index (χ2n) is 1.34. The van der Waals surface area contributed by atoms with E-state index in [-0.39, 0.29) is 65.5 Å². The number of rotatable bonds is 0. The van der Waals surface area contributed by atoms with E-state index in [2.05, 4.69) is 0 Å². The average Bonchev–Trinajstić information content (AvgIpc) is 1.41. The van der Waals surface area contributed by atoms with Crippen molar-refractivity contribution in [3.8, 4) is 0 Å². The third kappa shape index (κ3) is 938. The van der Waals surface area contributed by atoms with Crippen molar-refractivity contribution in [1.29, 1.82) is 0 Å². The van der Waals surface area contributed by atoms with Crippen LogP contribution in [0, 0.1) is 0 Å². The second-order valence-corrected chi connectivity index (χ2v) is 4.02. The van der Waals surface area contributed by atoms with Gasteiger partial charge in [0.25, 0.3) is 0 Å². The fourth-order valence-corrected chi connectivity index (χ4v) is 0. The standard InChI is InChI=1S/Cr.Na.3H3O4P.V/c;;3*1-5(2,3)4;/h;;3*(H3,1,2,3,4);/q+3;+1;;;;+5/p-9. The molecule has 0 atom stereocenters. The van der Waals surface area contributed by atoms with Gasteiger partial charge in [-0.25, -0.2) is 0 Å². The Morgan fingerprint density at radius 2 is 0.500 bits per heavy atom. The first kappa shape index (κ1) is 37.0. The molecule has 0 aliphatic heterocycles. The van der Waals surface area contributed by atoms with E-state index in [0.717, 1.165) is 0 Å². The van der Waals surface area contributed by atoms with E-state index in [9.17, 15) is 0 Å². The molecule has 18 heavy (non-hydrogen) atoms. The Morgan fingerprint density at radius 1 is 0.500 bits per heavy atom. The Bertz CT molecular complexity index is 213. The number of hydrogen-bond donors (Lipinski definition) is 0. The molecule has 0 fully saturated rings. The molecular weight excluding hydrogens is 411 g/mol. The Kier molecular flexibility index (Phi) is 32.6. The maximum Gasteiger partial charge on any atom is 5.00 e. The zero-order chi connectivity index (χ0) is 13.5. The predicted molar refractivity (Wildman–Crippen MR) is 22.8 cm³/mol. The van der Waals surface area contributed by atoms with Crippen LogP contribution in [0.5, 0.6) is 0 Å². The van der Waals surface area contributed by atoms with Crippen molar-refractivity contribution in [2.45, 2.75) is 0 Å². The fourth-order valence-electron chi connectivity index (χ4n) is 0. The first-order chi connectivity index (χ1) is 6.00. The number of hydrogen-bond acceptors (Lipinski definition) is 12. The van der Waals surface area contributed by atoms with Crippen molar-refractivity contribution in [2.75, 3.05) is 0 Å². The van der Waals surface area contributed by atoms with E-state index in [1.54, 1.807) is 0 Å². The van der Waals surface area contributed by atoms with Crippen LogP contribution in [-0.4, -0.2) is 0 Å². The molecule has 0 aliphatic carbocycles. The van der Waals surface area contributed by atoms with Crippen LogP contribution in [0.25, 0.3) is 0 Å². The van der Waals surface area contributed by atoms with E-state index >= 15 is 0 Å². The summed E-state index contributed by atoms with van der Waals surface area (Å²) in [6.45, 7) is 0. The molecular formula is CrNaO12P3V. The minimum Gasteiger partial charge on any atom is -0.822 e. The maximum absolute atomic E-state index is 8.55. The zero-order valence-electron chi connectivity index (χ0n) is 8.10. The zero-order valence-corrected chi connectivity index (χ0v) is 15.5. The summed E-state index contributed by atoms with van der Waals surface area (Å²) in [4.78, 5) is 76.9. The van der Waals surface area contributed by atoms with Crippen LogP contribution in [0.3, 0.4) is 0 Å². The summed E-state index contributed by atoms with van der Waals surface area (Å²) in [6, 6.07) is 0. The molecule has 0 bridgehead atoms. The normalized spacial score (nSPS) is 9.83. The van der Waals surface area contributed by atoms with Gasteiger partial charge in [-0.15, -0.1) is 0 Å². The summed E-state index contributed by atoms with van der Waals surface area (Å²) >= 11 is 0. The molecule has 18 heteroatoms. The minimum absolute atomic E-state index is 0. The SMILES string of the molecule is O=P([O-])([O-])[O-].O=P([O-])([O-])[O-].O=P([O-])([O-])[O-].[Cr+3].[Na+].[V+5]. The van der Waals surface area contributed by atoms with Crippen molar-refractivity contribution in [2.24, 2.45) is 0 Å². The Balaban J connectivity index is -0.0000000277. The van der Waals surface area contributed by atoms with Gasteiger partial charge in [-0.05, 0) is 0 Å². The summed E-state index contributed by atoms with van der Waals surface area (Å²) in [5.74, 6) is 0. The van der Waals surface area contributed by atoms with Crippen LogP contribution in [-0.2, 0) is 49.6 Å². The molecule has 12 nitrogen and oxygen atoms in total. The van der Waals surface area contributed by atoms with Gasteiger partial charge in [0.15, 0.2) is 0 Å². The van der Waals surface area contributed by atoms with Crippen LogP contribution in [0.4, 0.5) is 0 Å². The molecule has 0 aromatic rings. The molecule has 0 aliphatic rings. The van der Waals surface area contributed by atoms with E-state index in [0.29, 0.717) is 0 Å².